The van der Waals surface area contributed by atoms with Crippen LogP contribution in [0.1, 0.15) is 15.9 Å². The van der Waals surface area contributed by atoms with Crippen molar-refractivity contribution in [2.75, 3.05) is 5.75 Å². The fourth-order valence-corrected chi connectivity index (χ4v) is 3.60. The number of carboxylic acids is 1. The van der Waals surface area contributed by atoms with Crippen LogP contribution in [0.4, 0.5) is 0 Å². The number of benzene rings is 1. The SMILES string of the molecule is Cn1cc(CCS(=O)c2cc(Br)ccc2C(=O)O)cn1. The smallest absolute Gasteiger partial charge is 0.336 e. The highest BCUT2D eigenvalue weighted by molar-refractivity contribution is 9.10. The highest BCUT2D eigenvalue weighted by Gasteiger charge is 2.16. The first kappa shape index (κ1) is 14.9. The summed E-state index contributed by atoms with van der Waals surface area (Å²) < 4.78 is 14.7. The van der Waals surface area contributed by atoms with Gasteiger partial charge in [-0.3, -0.25) is 8.89 Å². The molecule has 20 heavy (non-hydrogen) atoms. The largest absolute Gasteiger partial charge is 0.478 e. The van der Waals surface area contributed by atoms with Crippen LogP contribution in [0.25, 0.3) is 0 Å². The molecule has 0 saturated heterocycles. The summed E-state index contributed by atoms with van der Waals surface area (Å²) in [5.41, 5.74) is 1.06. The first-order valence-corrected chi connectivity index (χ1v) is 7.97. The van der Waals surface area contributed by atoms with E-state index in [1.165, 1.54) is 6.07 Å². The average molecular weight is 357 g/mol. The highest BCUT2D eigenvalue weighted by Crippen LogP contribution is 2.21. The maximum Gasteiger partial charge on any atom is 0.336 e. The minimum atomic E-state index is -1.36. The Labute approximate surface area is 127 Å². The molecule has 0 bridgehead atoms. The minimum absolute atomic E-state index is 0.0812. The van der Waals surface area contributed by atoms with Crippen molar-refractivity contribution in [3.63, 3.8) is 0 Å². The van der Waals surface area contributed by atoms with Crippen molar-refractivity contribution in [3.05, 3.63) is 46.2 Å². The molecule has 1 unspecified atom stereocenters. The second-order valence-electron chi connectivity index (χ2n) is 4.27. The number of hydrogen-bond donors (Lipinski definition) is 1. The number of aromatic nitrogens is 2. The van der Waals surface area contributed by atoms with Gasteiger partial charge in [-0.15, -0.1) is 0 Å². The third-order valence-electron chi connectivity index (χ3n) is 2.75. The molecule has 0 aliphatic heterocycles. The maximum atomic E-state index is 12.3. The number of hydrogen-bond acceptors (Lipinski definition) is 3. The molecular weight excluding hydrogens is 344 g/mol. The molecule has 0 amide bonds. The maximum absolute atomic E-state index is 12.3. The Kier molecular flexibility index (Phi) is 4.72. The zero-order valence-corrected chi connectivity index (χ0v) is 13.1. The van der Waals surface area contributed by atoms with E-state index in [0.29, 0.717) is 21.5 Å². The van der Waals surface area contributed by atoms with Gasteiger partial charge in [-0.1, -0.05) is 15.9 Å². The number of carbonyl (C=O) groups is 1. The van der Waals surface area contributed by atoms with E-state index in [0.717, 1.165) is 5.56 Å². The Balaban J connectivity index is 2.16. The Morgan fingerprint density at radius 3 is 2.85 bits per heavy atom. The van der Waals surface area contributed by atoms with Crippen molar-refractivity contribution >= 4 is 32.7 Å². The molecule has 5 nitrogen and oxygen atoms in total. The van der Waals surface area contributed by atoms with Gasteiger partial charge in [0.2, 0.25) is 0 Å². The van der Waals surface area contributed by atoms with Crippen LogP contribution in [0.15, 0.2) is 40.0 Å². The van der Waals surface area contributed by atoms with E-state index in [1.54, 1.807) is 23.0 Å². The third kappa shape index (κ3) is 3.55. The molecule has 0 radical (unpaired) electrons. The molecule has 0 fully saturated rings. The van der Waals surface area contributed by atoms with E-state index in [2.05, 4.69) is 21.0 Å². The topological polar surface area (TPSA) is 72.2 Å². The molecule has 7 heteroatoms. The van der Waals surface area contributed by atoms with Crippen LogP contribution in [-0.4, -0.2) is 30.8 Å². The van der Waals surface area contributed by atoms with Gasteiger partial charge in [0.25, 0.3) is 0 Å². The summed E-state index contributed by atoms with van der Waals surface area (Å²) in [7, 11) is 0.452. The third-order valence-corrected chi connectivity index (χ3v) is 4.65. The molecule has 2 aromatic rings. The normalized spacial score (nSPS) is 12.3. The molecule has 0 saturated carbocycles. The molecule has 0 aliphatic carbocycles. The van der Waals surface area contributed by atoms with Crippen molar-refractivity contribution in [1.82, 2.24) is 9.78 Å². The summed E-state index contributed by atoms with van der Waals surface area (Å²) in [6.45, 7) is 0. The van der Waals surface area contributed by atoms with Gasteiger partial charge >= 0.3 is 5.97 Å². The molecule has 1 aromatic heterocycles. The zero-order chi connectivity index (χ0) is 14.7. The van der Waals surface area contributed by atoms with Crippen molar-refractivity contribution in [2.45, 2.75) is 11.3 Å². The molecule has 0 aliphatic rings. The Morgan fingerprint density at radius 1 is 1.50 bits per heavy atom. The van der Waals surface area contributed by atoms with Crippen LogP contribution in [-0.2, 0) is 24.3 Å². The van der Waals surface area contributed by atoms with Crippen LogP contribution in [0.5, 0.6) is 0 Å². The van der Waals surface area contributed by atoms with Gasteiger partial charge in [0.1, 0.15) is 0 Å². The lowest BCUT2D eigenvalue weighted by Crippen LogP contribution is -2.08. The van der Waals surface area contributed by atoms with E-state index in [4.69, 9.17) is 5.11 Å². The second kappa shape index (κ2) is 6.32. The molecule has 1 atom stereocenters. The summed E-state index contributed by atoms with van der Waals surface area (Å²) in [5.74, 6) is -0.704. The number of halogens is 1. The number of carboxylic acid groups (broad SMARTS) is 1. The molecular formula is C13H13BrN2O3S. The number of aromatic carboxylic acids is 1. The molecule has 0 spiro atoms. The lowest BCUT2D eigenvalue weighted by atomic mass is 10.2. The van der Waals surface area contributed by atoms with E-state index in [-0.39, 0.29) is 5.56 Å². The van der Waals surface area contributed by atoms with E-state index in [9.17, 15) is 9.00 Å². The van der Waals surface area contributed by atoms with Gasteiger partial charge in [0, 0.05) is 23.5 Å². The van der Waals surface area contributed by atoms with Crippen molar-refractivity contribution < 1.29 is 14.1 Å². The van der Waals surface area contributed by atoms with E-state index >= 15 is 0 Å². The van der Waals surface area contributed by atoms with Crippen LogP contribution in [0, 0.1) is 0 Å². The van der Waals surface area contributed by atoms with Crippen molar-refractivity contribution in [1.29, 1.82) is 0 Å². The molecule has 1 heterocycles. The predicted molar refractivity (Wildman–Crippen MR) is 79.3 cm³/mol. The monoisotopic (exact) mass is 356 g/mol. The molecule has 1 N–H and O–H groups in total. The fourth-order valence-electron chi connectivity index (χ4n) is 1.78. The van der Waals surface area contributed by atoms with Gasteiger partial charge < -0.3 is 5.11 Å². The summed E-state index contributed by atoms with van der Waals surface area (Å²) in [6.07, 6.45) is 4.17. The van der Waals surface area contributed by atoms with Gasteiger partial charge in [0.05, 0.1) is 27.5 Å². The molecule has 1 aromatic carbocycles. The Morgan fingerprint density at radius 2 is 2.25 bits per heavy atom. The minimum Gasteiger partial charge on any atom is -0.478 e. The Bertz CT molecular complexity index is 669. The van der Waals surface area contributed by atoms with E-state index in [1.807, 2.05) is 13.2 Å². The summed E-state index contributed by atoms with van der Waals surface area (Å²) in [5, 5.41) is 13.2. The highest BCUT2D eigenvalue weighted by atomic mass is 79.9. The first-order chi connectivity index (χ1) is 9.47. The van der Waals surface area contributed by atoms with Crippen LogP contribution in [0.2, 0.25) is 0 Å². The van der Waals surface area contributed by atoms with Gasteiger partial charge in [0.15, 0.2) is 0 Å². The van der Waals surface area contributed by atoms with Crippen molar-refractivity contribution in [2.24, 2.45) is 7.05 Å². The van der Waals surface area contributed by atoms with Gasteiger partial charge in [-0.05, 0) is 30.2 Å². The molecule has 106 valence electrons. The van der Waals surface area contributed by atoms with Crippen LogP contribution in [0.3, 0.4) is 0 Å². The van der Waals surface area contributed by atoms with E-state index < -0.39 is 16.8 Å². The average Bonchev–Trinajstić information content (AvgIpc) is 2.81. The standard InChI is InChI=1S/C13H13BrN2O3S/c1-16-8-9(7-15-16)4-5-20(19)12-6-10(14)2-3-11(12)13(17)18/h2-3,6-8H,4-5H2,1H3,(H,17,18). The lowest BCUT2D eigenvalue weighted by Gasteiger charge is -2.06. The zero-order valence-electron chi connectivity index (χ0n) is 10.7. The fraction of sp³-hybridized carbons (Fsp3) is 0.231. The molecule has 2 rings (SSSR count). The quantitative estimate of drug-likeness (QED) is 0.891. The van der Waals surface area contributed by atoms with Gasteiger partial charge in [-0.25, -0.2) is 4.79 Å². The summed E-state index contributed by atoms with van der Waals surface area (Å²) >= 11 is 3.27. The summed E-state index contributed by atoms with van der Waals surface area (Å²) in [4.78, 5) is 11.5. The second-order valence-corrected chi connectivity index (χ2v) is 6.72. The van der Waals surface area contributed by atoms with Gasteiger partial charge in [-0.2, -0.15) is 5.10 Å². The number of aryl methyl sites for hydroxylation is 2. The number of nitrogens with zero attached hydrogens (tertiary/aromatic N) is 2. The summed E-state index contributed by atoms with van der Waals surface area (Å²) in [6, 6.07) is 4.69. The van der Waals surface area contributed by atoms with Crippen LogP contribution < -0.4 is 0 Å². The lowest BCUT2D eigenvalue weighted by molar-refractivity contribution is 0.0693. The van der Waals surface area contributed by atoms with Crippen molar-refractivity contribution in [3.8, 4) is 0 Å². The van der Waals surface area contributed by atoms with Crippen LogP contribution >= 0.6 is 15.9 Å². The predicted octanol–water partition coefficient (Wildman–Crippen LogP) is 2.23. The Hall–Kier alpha value is -1.47. The first-order valence-electron chi connectivity index (χ1n) is 5.86. The number of rotatable bonds is 5.